The first kappa shape index (κ1) is 19.6. The summed E-state index contributed by atoms with van der Waals surface area (Å²) < 4.78 is 2.86. The maximum atomic E-state index is 12.9. The molecule has 1 atom stereocenters. The van der Waals surface area contributed by atoms with E-state index < -0.39 is 0 Å². The van der Waals surface area contributed by atoms with Gasteiger partial charge in [0, 0.05) is 27.9 Å². The zero-order chi connectivity index (χ0) is 20.7. The number of ketones is 1. The number of allylic oxidation sites excluding steroid dienone is 2. The number of fused-ring (bicyclic) bond motifs is 1. The molecule has 2 aromatic carbocycles. The van der Waals surface area contributed by atoms with Crippen molar-refractivity contribution in [2.75, 3.05) is 5.32 Å². The summed E-state index contributed by atoms with van der Waals surface area (Å²) in [5.74, 6) is 1.72. The van der Waals surface area contributed by atoms with Gasteiger partial charge in [-0.2, -0.15) is 4.98 Å². The second kappa shape index (κ2) is 8.04. The van der Waals surface area contributed by atoms with E-state index in [1.165, 1.54) is 11.1 Å². The van der Waals surface area contributed by atoms with Gasteiger partial charge >= 0.3 is 0 Å². The zero-order valence-corrected chi connectivity index (χ0v) is 19.0. The topological polar surface area (TPSA) is 59.8 Å². The van der Waals surface area contributed by atoms with Gasteiger partial charge in [0.25, 0.3) is 0 Å². The molecule has 0 radical (unpaired) electrons. The summed E-state index contributed by atoms with van der Waals surface area (Å²) in [6.07, 6.45) is 2.33. The molecule has 0 saturated heterocycles. The van der Waals surface area contributed by atoms with Gasteiger partial charge in [0.15, 0.2) is 5.78 Å². The number of aromatic nitrogens is 3. The van der Waals surface area contributed by atoms with Crippen molar-refractivity contribution in [3.8, 4) is 0 Å². The van der Waals surface area contributed by atoms with Crippen LogP contribution in [0.3, 0.4) is 0 Å². The highest BCUT2D eigenvalue weighted by Crippen LogP contribution is 2.41. The fraction of sp³-hybridized carbons (Fsp3) is 0.261. The van der Waals surface area contributed by atoms with Gasteiger partial charge in [0.1, 0.15) is 6.04 Å². The molecule has 2 heterocycles. The highest BCUT2D eigenvalue weighted by Gasteiger charge is 2.36. The zero-order valence-electron chi connectivity index (χ0n) is 16.6. The lowest BCUT2D eigenvalue weighted by Crippen LogP contribution is -2.31. The minimum absolute atomic E-state index is 0.198. The predicted octanol–water partition coefficient (Wildman–Crippen LogP) is 5.66. The number of Topliss-reactive ketones (excluding diaryl/α,β-unsaturated/α-hetero) is 1. The van der Waals surface area contributed by atoms with Crippen LogP contribution in [0, 0.1) is 6.92 Å². The van der Waals surface area contributed by atoms with E-state index in [2.05, 4.69) is 64.6 Å². The van der Waals surface area contributed by atoms with Crippen LogP contribution in [-0.2, 0) is 10.5 Å². The number of nitrogens with one attached hydrogen (secondary N) is 1. The standard InChI is InChI=1S/C23H21BrN4OS/c1-14-6-2-3-7-16(14)13-30-23-26-22-25-18-10-5-11-19(29)20(18)21(28(22)27-23)15-8-4-9-17(24)12-15/h2-4,6-9,12,21H,5,10-11,13H2,1H3,(H,25,26,27)/t21-/m1/s1. The summed E-state index contributed by atoms with van der Waals surface area (Å²) in [5.41, 5.74) is 5.40. The number of halogens is 1. The third-order valence-electron chi connectivity index (χ3n) is 5.63. The minimum atomic E-state index is -0.248. The molecule has 0 fully saturated rings. The second-order valence-electron chi connectivity index (χ2n) is 7.63. The van der Waals surface area contributed by atoms with Crippen molar-refractivity contribution in [3.63, 3.8) is 0 Å². The van der Waals surface area contributed by atoms with Crippen molar-refractivity contribution >= 4 is 39.4 Å². The predicted molar refractivity (Wildman–Crippen MR) is 123 cm³/mol. The Hall–Kier alpha value is -2.38. The molecule has 7 heteroatoms. The van der Waals surface area contributed by atoms with Crippen LogP contribution in [0.2, 0.25) is 0 Å². The van der Waals surface area contributed by atoms with Gasteiger partial charge in [0.05, 0.1) is 0 Å². The van der Waals surface area contributed by atoms with E-state index in [-0.39, 0.29) is 11.8 Å². The monoisotopic (exact) mass is 480 g/mol. The van der Waals surface area contributed by atoms with Gasteiger partial charge in [-0.1, -0.05) is 64.1 Å². The van der Waals surface area contributed by atoms with E-state index in [0.29, 0.717) is 17.5 Å². The Morgan fingerprint density at radius 3 is 2.90 bits per heavy atom. The number of thioether (sulfide) groups is 1. The van der Waals surface area contributed by atoms with Gasteiger partial charge in [-0.3, -0.25) is 4.79 Å². The number of carbonyl (C=O) groups excluding carboxylic acids is 1. The molecule has 1 aromatic heterocycles. The van der Waals surface area contributed by atoms with Crippen LogP contribution in [-0.4, -0.2) is 20.5 Å². The molecule has 0 unspecified atom stereocenters. The maximum absolute atomic E-state index is 12.9. The summed E-state index contributed by atoms with van der Waals surface area (Å²) in [6.45, 7) is 2.12. The van der Waals surface area contributed by atoms with E-state index in [1.54, 1.807) is 11.8 Å². The Morgan fingerprint density at radius 1 is 1.20 bits per heavy atom. The molecule has 152 valence electrons. The van der Waals surface area contributed by atoms with Crippen LogP contribution in [0.25, 0.3) is 0 Å². The van der Waals surface area contributed by atoms with Crippen molar-refractivity contribution in [3.05, 3.63) is 81.0 Å². The Labute approximate surface area is 188 Å². The number of rotatable bonds is 4. The minimum Gasteiger partial charge on any atom is -0.328 e. The molecule has 0 amide bonds. The summed E-state index contributed by atoms with van der Waals surface area (Å²) in [6, 6.07) is 16.2. The van der Waals surface area contributed by atoms with Gasteiger partial charge in [-0.15, -0.1) is 5.10 Å². The van der Waals surface area contributed by atoms with E-state index >= 15 is 0 Å². The lowest BCUT2D eigenvalue weighted by Gasteiger charge is -2.32. The number of anilines is 1. The van der Waals surface area contributed by atoms with Crippen LogP contribution < -0.4 is 5.32 Å². The molecule has 1 aliphatic heterocycles. The van der Waals surface area contributed by atoms with Gasteiger partial charge in [-0.25, -0.2) is 4.68 Å². The van der Waals surface area contributed by atoms with Crippen molar-refractivity contribution in [2.45, 2.75) is 43.1 Å². The van der Waals surface area contributed by atoms with Crippen molar-refractivity contribution in [2.24, 2.45) is 0 Å². The van der Waals surface area contributed by atoms with Crippen LogP contribution in [0.15, 0.2) is 69.4 Å². The van der Waals surface area contributed by atoms with E-state index in [4.69, 9.17) is 10.1 Å². The third kappa shape index (κ3) is 3.61. The van der Waals surface area contributed by atoms with Gasteiger partial charge in [0.2, 0.25) is 11.1 Å². The summed E-state index contributed by atoms with van der Waals surface area (Å²) >= 11 is 5.19. The Kier molecular flexibility index (Phi) is 5.25. The lowest BCUT2D eigenvalue weighted by atomic mass is 9.85. The maximum Gasteiger partial charge on any atom is 0.227 e. The molecule has 0 saturated carbocycles. The number of hydrogen-bond donors (Lipinski definition) is 1. The molecule has 0 bridgehead atoms. The summed E-state index contributed by atoms with van der Waals surface area (Å²) in [7, 11) is 0. The van der Waals surface area contributed by atoms with E-state index in [0.717, 1.165) is 39.9 Å². The average molecular weight is 481 g/mol. The molecule has 3 aromatic rings. The number of nitrogens with zero attached hydrogens (tertiary/aromatic N) is 3. The highest BCUT2D eigenvalue weighted by atomic mass is 79.9. The van der Waals surface area contributed by atoms with E-state index in [1.807, 2.05) is 16.8 Å². The molecule has 2 aliphatic rings. The van der Waals surface area contributed by atoms with Crippen LogP contribution in [0.4, 0.5) is 5.95 Å². The SMILES string of the molecule is Cc1ccccc1CSc1nc2n(n1)[C@H](c1cccc(Br)c1)C1=C(CCCC1=O)N2. The average Bonchev–Trinajstić information content (AvgIpc) is 3.14. The molecular formula is C23H21BrN4OS. The first-order valence-corrected chi connectivity index (χ1v) is 11.8. The summed E-state index contributed by atoms with van der Waals surface area (Å²) in [5, 5.41) is 8.93. The summed E-state index contributed by atoms with van der Waals surface area (Å²) in [4.78, 5) is 17.6. The van der Waals surface area contributed by atoms with Crippen molar-refractivity contribution < 1.29 is 4.79 Å². The van der Waals surface area contributed by atoms with E-state index in [9.17, 15) is 4.79 Å². The lowest BCUT2D eigenvalue weighted by molar-refractivity contribution is -0.116. The van der Waals surface area contributed by atoms with Crippen LogP contribution >= 0.6 is 27.7 Å². The molecule has 5 nitrogen and oxygen atoms in total. The largest absolute Gasteiger partial charge is 0.328 e. The molecule has 1 N–H and O–H groups in total. The number of hydrogen-bond acceptors (Lipinski definition) is 5. The molecule has 30 heavy (non-hydrogen) atoms. The second-order valence-corrected chi connectivity index (χ2v) is 9.49. The number of benzene rings is 2. The molecular weight excluding hydrogens is 460 g/mol. The molecule has 1 aliphatic carbocycles. The van der Waals surface area contributed by atoms with Gasteiger partial charge in [-0.05, 0) is 48.6 Å². The first-order valence-electron chi connectivity index (χ1n) is 10.0. The third-order valence-corrected chi connectivity index (χ3v) is 7.01. The Bertz CT molecular complexity index is 1170. The van der Waals surface area contributed by atoms with Gasteiger partial charge < -0.3 is 5.32 Å². The Balaban J connectivity index is 1.52. The van der Waals surface area contributed by atoms with Crippen molar-refractivity contribution in [1.29, 1.82) is 0 Å². The fourth-order valence-electron chi connectivity index (χ4n) is 4.10. The smallest absolute Gasteiger partial charge is 0.227 e. The molecule has 0 spiro atoms. The highest BCUT2D eigenvalue weighted by molar-refractivity contribution is 9.10. The first-order chi connectivity index (χ1) is 14.6. The molecule has 5 rings (SSSR count). The van der Waals surface area contributed by atoms with Crippen molar-refractivity contribution in [1.82, 2.24) is 14.8 Å². The quantitative estimate of drug-likeness (QED) is 0.487. The Morgan fingerprint density at radius 2 is 2.07 bits per heavy atom. The normalized spacial score (nSPS) is 18.1. The van der Waals surface area contributed by atoms with Crippen LogP contribution in [0.1, 0.15) is 42.0 Å². The van der Waals surface area contributed by atoms with Crippen LogP contribution in [0.5, 0.6) is 0 Å². The number of carbonyl (C=O) groups is 1. The number of aryl methyl sites for hydroxylation is 1. The fourth-order valence-corrected chi connectivity index (χ4v) is 5.42.